The number of nitrogens with zero attached hydrogens (tertiary/aromatic N) is 3. The Morgan fingerprint density at radius 3 is 2.44 bits per heavy atom. The van der Waals surface area contributed by atoms with Crippen molar-refractivity contribution in [2.75, 3.05) is 49.5 Å². The van der Waals surface area contributed by atoms with Gasteiger partial charge in [-0.15, -0.1) is 0 Å². The maximum absolute atomic E-state index is 13.5. The maximum atomic E-state index is 13.5. The number of nitrogens with one attached hydrogen (secondary N) is 1. The monoisotopic (exact) mass is 468 g/mol. The number of piperazine rings is 1. The number of fused-ring (bicyclic) bond motifs is 1. The summed E-state index contributed by atoms with van der Waals surface area (Å²) in [6.45, 7) is 5.43. The number of hydrogen-bond acceptors (Lipinski definition) is 6. The minimum Gasteiger partial charge on any atom is -0.450 e. The van der Waals surface area contributed by atoms with Gasteiger partial charge in [-0.25, -0.2) is 4.79 Å². The first-order valence-electron chi connectivity index (χ1n) is 11.6. The summed E-state index contributed by atoms with van der Waals surface area (Å²) in [5, 5.41) is 2.71. The van der Waals surface area contributed by atoms with Gasteiger partial charge in [0.1, 0.15) is 5.60 Å². The zero-order valence-corrected chi connectivity index (χ0v) is 19.2. The number of benzene rings is 1. The van der Waals surface area contributed by atoms with Crippen molar-refractivity contribution in [1.29, 1.82) is 0 Å². The van der Waals surface area contributed by atoms with Crippen LogP contribution in [0.4, 0.5) is 16.2 Å². The Hall–Kier alpha value is -3.40. The molecule has 1 N–H and O–H groups in total. The third-order valence-corrected chi connectivity index (χ3v) is 7.00. The standard InChI is InChI=1S/C24H28N4O6/c1-3-33-23(32)27-12-10-26(11-13-27)21(30)19-18-8-9-24(34-18)14-28(22(31)20(19)24)17-6-4-16(5-7-17)25-15(2)29/h4-9,18-20H,3,10-14H2,1-2H3,(H,25,29)/t18-,19+,20-,24-/m1/s1. The van der Waals surface area contributed by atoms with Crippen molar-refractivity contribution in [3.63, 3.8) is 0 Å². The Morgan fingerprint density at radius 1 is 1.12 bits per heavy atom. The predicted octanol–water partition coefficient (Wildman–Crippen LogP) is 1.23. The molecule has 0 radical (unpaired) electrons. The fraction of sp³-hybridized carbons (Fsp3) is 0.500. The van der Waals surface area contributed by atoms with E-state index in [0.717, 1.165) is 0 Å². The van der Waals surface area contributed by atoms with Crippen molar-refractivity contribution in [2.45, 2.75) is 25.6 Å². The van der Waals surface area contributed by atoms with Crippen LogP contribution in [0.15, 0.2) is 36.4 Å². The van der Waals surface area contributed by atoms with E-state index in [0.29, 0.717) is 50.7 Å². The lowest BCUT2D eigenvalue weighted by Crippen LogP contribution is -2.54. The second-order valence-electron chi connectivity index (χ2n) is 9.06. The number of carbonyl (C=O) groups is 4. The number of ether oxygens (including phenoxy) is 2. The SMILES string of the molecule is CCOC(=O)N1CCN(C(=O)[C@H]2[C@H]3C=C[C@]4(CN(c5ccc(NC(C)=O)cc5)C(=O)[C@@H]24)O3)CC1. The average molecular weight is 469 g/mol. The Labute approximate surface area is 197 Å². The molecule has 5 rings (SSSR count). The molecule has 1 aromatic rings. The van der Waals surface area contributed by atoms with Crippen LogP contribution in [0.3, 0.4) is 0 Å². The van der Waals surface area contributed by atoms with E-state index in [2.05, 4.69) is 5.32 Å². The van der Waals surface area contributed by atoms with Crippen LogP contribution >= 0.6 is 0 Å². The Bertz CT molecular complexity index is 1050. The number of rotatable bonds is 4. The van der Waals surface area contributed by atoms with Gasteiger partial charge in [0.2, 0.25) is 17.7 Å². The van der Waals surface area contributed by atoms with Crippen LogP contribution < -0.4 is 10.2 Å². The van der Waals surface area contributed by atoms with Gasteiger partial charge in [0.05, 0.1) is 31.1 Å². The van der Waals surface area contributed by atoms with E-state index in [1.54, 1.807) is 45.9 Å². The van der Waals surface area contributed by atoms with E-state index in [1.807, 2.05) is 12.2 Å². The zero-order chi connectivity index (χ0) is 24.0. The highest BCUT2D eigenvalue weighted by Crippen LogP contribution is 2.53. The van der Waals surface area contributed by atoms with Gasteiger partial charge < -0.3 is 29.5 Å². The molecule has 10 nitrogen and oxygen atoms in total. The first kappa shape index (κ1) is 22.4. The van der Waals surface area contributed by atoms with E-state index in [-0.39, 0.29) is 23.8 Å². The van der Waals surface area contributed by atoms with Crippen LogP contribution in [0, 0.1) is 11.8 Å². The minimum absolute atomic E-state index is 0.110. The molecule has 4 amide bonds. The van der Waals surface area contributed by atoms with E-state index in [4.69, 9.17) is 9.47 Å². The fourth-order valence-electron chi connectivity index (χ4n) is 5.46. The van der Waals surface area contributed by atoms with Gasteiger partial charge in [-0.05, 0) is 31.2 Å². The van der Waals surface area contributed by atoms with Crippen LogP contribution in [0.2, 0.25) is 0 Å². The van der Waals surface area contributed by atoms with Crippen LogP contribution in [-0.2, 0) is 23.9 Å². The molecule has 180 valence electrons. The molecule has 0 unspecified atom stereocenters. The predicted molar refractivity (Wildman–Crippen MR) is 122 cm³/mol. The van der Waals surface area contributed by atoms with Gasteiger partial charge in [-0.1, -0.05) is 12.2 Å². The maximum Gasteiger partial charge on any atom is 0.409 e. The Balaban J connectivity index is 1.31. The molecule has 4 heterocycles. The Morgan fingerprint density at radius 2 is 1.79 bits per heavy atom. The molecule has 34 heavy (non-hydrogen) atoms. The van der Waals surface area contributed by atoms with E-state index in [9.17, 15) is 19.2 Å². The van der Waals surface area contributed by atoms with Crippen molar-refractivity contribution in [1.82, 2.24) is 9.80 Å². The van der Waals surface area contributed by atoms with Crippen molar-refractivity contribution >= 4 is 35.2 Å². The average Bonchev–Trinajstić information content (AvgIpc) is 3.47. The molecule has 4 atom stereocenters. The summed E-state index contributed by atoms with van der Waals surface area (Å²) in [6.07, 6.45) is 3.03. The molecule has 3 saturated heterocycles. The quantitative estimate of drug-likeness (QED) is 0.666. The molecule has 4 aliphatic rings. The topological polar surface area (TPSA) is 108 Å². The second-order valence-corrected chi connectivity index (χ2v) is 9.06. The normalized spacial score (nSPS) is 29.4. The summed E-state index contributed by atoms with van der Waals surface area (Å²) in [5.74, 6) is -1.59. The minimum atomic E-state index is -0.814. The van der Waals surface area contributed by atoms with Crippen molar-refractivity contribution in [3.8, 4) is 0 Å². The highest BCUT2D eigenvalue weighted by Gasteiger charge is 2.67. The molecule has 1 spiro atoms. The molecule has 1 aromatic carbocycles. The van der Waals surface area contributed by atoms with Crippen LogP contribution in [0.5, 0.6) is 0 Å². The zero-order valence-electron chi connectivity index (χ0n) is 19.2. The van der Waals surface area contributed by atoms with E-state index >= 15 is 0 Å². The molecule has 0 saturated carbocycles. The van der Waals surface area contributed by atoms with Crippen LogP contribution in [0.1, 0.15) is 13.8 Å². The third kappa shape index (κ3) is 3.62. The summed E-state index contributed by atoms with van der Waals surface area (Å²) in [5.41, 5.74) is 0.524. The molecule has 2 bridgehead atoms. The molecule has 4 aliphatic heterocycles. The molecule has 0 aromatic heterocycles. The smallest absolute Gasteiger partial charge is 0.409 e. The largest absolute Gasteiger partial charge is 0.450 e. The van der Waals surface area contributed by atoms with Crippen LogP contribution in [-0.4, -0.2) is 84.7 Å². The summed E-state index contributed by atoms with van der Waals surface area (Å²) in [4.78, 5) is 55.3. The van der Waals surface area contributed by atoms with Gasteiger partial charge >= 0.3 is 6.09 Å². The van der Waals surface area contributed by atoms with Crippen LogP contribution in [0.25, 0.3) is 0 Å². The first-order chi connectivity index (χ1) is 16.3. The molecule has 0 aliphatic carbocycles. The summed E-state index contributed by atoms with van der Waals surface area (Å²) in [7, 11) is 0. The lowest BCUT2D eigenvalue weighted by Gasteiger charge is -2.36. The molecule has 10 heteroatoms. The molecular formula is C24H28N4O6. The number of amides is 4. The Kier molecular flexibility index (Phi) is 5.55. The highest BCUT2D eigenvalue weighted by molar-refractivity contribution is 6.03. The number of anilines is 2. The molecule has 3 fully saturated rings. The highest BCUT2D eigenvalue weighted by atomic mass is 16.6. The van der Waals surface area contributed by atoms with Gasteiger partial charge in [0, 0.05) is 44.5 Å². The number of carbonyl (C=O) groups excluding carboxylic acids is 4. The summed E-state index contributed by atoms with van der Waals surface area (Å²) >= 11 is 0. The summed E-state index contributed by atoms with van der Waals surface area (Å²) in [6, 6.07) is 7.05. The van der Waals surface area contributed by atoms with Gasteiger partial charge in [-0.2, -0.15) is 0 Å². The van der Waals surface area contributed by atoms with E-state index in [1.165, 1.54) is 6.92 Å². The van der Waals surface area contributed by atoms with E-state index < -0.39 is 23.5 Å². The van der Waals surface area contributed by atoms with Crippen molar-refractivity contribution in [3.05, 3.63) is 36.4 Å². The van der Waals surface area contributed by atoms with Crippen molar-refractivity contribution in [2.24, 2.45) is 11.8 Å². The summed E-state index contributed by atoms with van der Waals surface area (Å²) < 4.78 is 11.3. The molecular weight excluding hydrogens is 440 g/mol. The second kappa shape index (κ2) is 8.43. The third-order valence-electron chi connectivity index (χ3n) is 7.00. The van der Waals surface area contributed by atoms with Gasteiger partial charge in [0.15, 0.2) is 0 Å². The number of hydrogen-bond donors (Lipinski definition) is 1. The van der Waals surface area contributed by atoms with Crippen molar-refractivity contribution < 1.29 is 28.7 Å². The fourth-order valence-corrected chi connectivity index (χ4v) is 5.46. The van der Waals surface area contributed by atoms with Gasteiger partial charge in [-0.3, -0.25) is 14.4 Å². The lowest BCUT2D eigenvalue weighted by molar-refractivity contribution is -0.141. The van der Waals surface area contributed by atoms with Gasteiger partial charge in [0.25, 0.3) is 0 Å². The lowest BCUT2D eigenvalue weighted by atomic mass is 9.76. The first-order valence-corrected chi connectivity index (χ1v) is 11.6.